The number of carbonyl (C=O) groups is 2. The predicted octanol–water partition coefficient (Wildman–Crippen LogP) is 1.36. The highest BCUT2D eigenvalue weighted by atomic mass is 16.6. The zero-order valence-electron chi connectivity index (χ0n) is 22.9. The summed E-state index contributed by atoms with van der Waals surface area (Å²) in [5.41, 5.74) is -1.66. The smallest absolute Gasteiger partial charge is 0.331 e. The van der Waals surface area contributed by atoms with Crippen molar-refractivity contribution >= 4 is 11.9 Å². The monoisotopic (exact) mass is 548 g/mol. The molecule has 5 aliphatic rings. The van der Waals surface area contributed by atoms with E-state index in [1.807, 2.05) is 19.9 Å². The van der Waals surface area contributed by atoms with Crippen LogP contribution in [0.3, 0.4) is 0 Å². The molecule has 2 aliphatic carbocycles. The minimum atomic E-state index is -0.969. The molecule has 10 nitrogen and oxygen atoms in total. The average Bonchev–Trinajstić information content (AvgIpc) is 3.65. The van der Waals surface area contributed by atoms with Crippen LogP contribution >= 0.6 is 0 Å². The fourth-order valence-electron chi connectivity index (χ4n) is 7.02. The number of aliphatic hydroxyl groups excluding tert-OH is 3. The maximum absolute atomic E-state index is 13.1. The van der Waals surface area contributed by atoms with Crippen molar-refractivity contribution in [2.75, 3.05) is 19.8 Å². The molecule has 5 rings (SSSR count). The molecule has 216 valence electrons. The molecule has 3 aliphatic heterocycles. The van der Waals surface area contributed by atoms with Crippen molar-refractivity contribution in [2.45, 2.75) is 95.3 Å². The van der Waals surface area contributed by atoms with Gasteiger partial charge < -0.3 is 39.0 Å². The molecule has 0 aromatic heterocycles. The van der Waals surface area contributed by atoms with Crippen molar-refractivity contribution in [1.82, 2.24) is 0 Å². The molecular weight excluding hydrogens is 508 g/mol. The van der Waals surface area contributed by atoms with Crippen molar-refractivity contribution in [3.8, 4) is 0 Å². The average molecular weight is 549 g/mol. The largest absolute Gasteiger partial charge is 0.465 e. The fourth-order valence-corrected chi connectivity index (χ4v) is 7.02. The maximum atomic E-state index is 13.1. The van der Waals surface area contributed by atoms with E-state index in [1.165, 1.54) is 12.2 Å². The summed E-state index contributed by atoms with van der Waals surface area (Å²) in [7, 11) is 0. The lowest BCUT2D eigenvalue weighted by atomic mass is 9.51. The van der Waals surface area contributed by atoms with Crippen molar-refractivity contribution in [3.63, 3.8) is 0 Å². The number of rotatable bonds is 1. The molecule has 0 aromatic carbocycles. The van der Waals surface area contributed by atoms with Crippen LogP contribution in [0.1, 0.15) is 47.0 Å². The summed E-state index contributed by atoms with van der Waals surface area (Å²) in [4.78, 5) is 26.0. The highest BCUT2D eigenvalue weighted by Crippen LogP contribution is 2.72. The first-order valence-corrected chi connectivity index (χ1v) is 13.8. The topological polar surface area (TPSA) is 144 Å². The van der Waals surface area contributed by atoms with E-state index in [9.17, 15) is 24.9 Å². The van der Waals surface area contributed by atoms with E-state index >= 15 is 0 Å². The first-order valence-electron chi connectivity index (χ1n) is 13.8. The van der Waals surface area contributed by atoms with Gasteiger partial charge in [0.2, 0.25) is 0 Å². The molecule has 3 N–H and O–H groups in total. The van der Waals surface area contributed by atoms with Crippen LogP contribution in [0.5, 0.6) is 0 Å². The number of carbonyl (C=O) groups excluding carboxylic acids is 2. The third-order valence-electron chi connectivity index (χ3n) is 9.79. The van der Waals surface area contributed by atoms with Gasteiger partial charge >= 0.3 is 11.9 Å². The summed E-state index contributed by atoms with van der Waals surface area (Å²) >= 11 is 0. The van der Waals surface area contributed by atoms with Crippen LogP contribution in [0.4, 0.5) is 0 Å². The molecule has 1 saturated carbocycles. The summed E-state index contributed by atoms with van der Waals surface area (Å²) in [6, 6.07) is 0. The summed E-state index contributed by atoms with van der Waals surface area (Å²) in [6.07, 6.45) is 3.77. The second-order valence-corrected chi connectivity index (χ2v) is 12.1. The van der Waals surface area contributed by atoms with E-state index in [1.54, 1.807) is 26.0 Å². The zero-order chi connectivity index (χ0) is 28.2. The molecular formula is C29H40O10. The highest BCUT2D eigenvalue weighted by molar-refractivity contribution is 5.82. The Balaban J connectivity index is 1.52. The SMILES string of the molecule is CC1=C[C@@H]2O[C@@H]3C[C@@H]4OC(=O)/C=C\C=C\[C@H]([C@@H](C)O)OC[C@H](O)[C@H](C)CC(=O)OC[C@]2(C[C@@H]1O)[C@@]4(C)[C@@]31CO1. The van der Waals surface area contributed by atoms with E-state index < -0.39 is 70.9 Å². The van der Waals surface area contributed by atoms with Crippen LogP contribution in [0.2, 0.25) is 0 Å². The van der Waals surface area contributed by atoms with Gasteiger partial charge in [0, 0.05) is 17.9 Å². The quantitative estimate of drug-likeness (QED) is 0.250. The summed E-state index contributed by atoms with van der Waals surface area (Å²) < 4.78 is 30.2. The van der Waals surface area contributed by atoms with Crippen molar-refractivity contribution in [3.05, 3.63) is 36.0 Å². The van der Waals surface area contributed by atoms with Crippen LogP contribution in [0, 0.1) is 16.7 Å². The van der Waals surface area contributed by atoms with E-state index in [0.29, 0.717) is 13.0 Å². The summed E-state index contributed by atoms with van der Waals surface area (Å²) in [6.45, 7) is 7.40. The van der Waals surface area contributed by atoms with Gasteiger partial charge in [0.05, 0.1) is 55.6 Å². The Kier molecular flexibility index (Phi) is 7.58. The number of esters is 2. The Morgan fingerprint density at radius 3 is 2.56 bits per heavy atom. The van der Waals surface area contributed by atoms with E-state index in [2.05, 4.69) is 0 Å². The van der Waals surface area contributed by atoms with Gasteiger partial charge in [0.15, 0.2) is 0 Å². The molecule has 10 heteroatoms. The Hall–Kier alpha value is -2.08. The van der Waals surface area contributed by atoms with Crippen molar-refractivity contribution in [2.24, 2.45) is 16.7 Å². The minimum absolute atomic E-state index is 0.0547. The predicted molar refractivity (Wildman–Crippen MR) is 137 cm³/mol. The van der Waals surface area contributed by atoms with Crippen molar-refractivity contribution < 1.29 is 48.6 Å². The lowest BCUT2D eigenvalue weighted by molar-refractivity contribution is -0.239. The number of hydrogen-bond donors (Lipinski definition) is 3. The summed E-state index contributed by atoms with van der Waals surface area (Å²) in [5, 5.41) is 31.7. The molecule has 11 atom stereocenters. The number of allylic oxidation sites excluding steroid dienone is 2. The molecule has 0 radical (unpaired) electrons. The molecule has 39 heavy (non-hydrogen) atoms. The molecule has 0 amide bonds. The Labute approximate surface area is 228 Å². The zero-order valence-corrected chi connectivity index (χ0v) is 22.9. The molecule has 3 heterocycles. The molecule has 3 fully saturated rings. The standard InChI is InChI=1S/C29H40O10/c1-16-9-23-28(12-19(16)31)14-36-26(34)10-17(2)20(32)13-35-21(18(3)30)7-5-6-8-25(33)39-22-11-24(38-23)29(15-37-29)27(22,28)4/h5-9,17-24,30-32H,10-15H2,1-4H3/b7-5+,8-6-/t17-,18-,19+,20+,21-,22+,23+,24-,27+,28+,29-/m1/s1. The molecule has 2 spiro atoms. The van der Waals surface area contributed by atoms with Crippen LogP contribution < -0.4 is 0 Å². The van der Waals surface area contributed by atoms with E-state index in [-0.39, 0.29) is 32.2 Å². The fraction of sp³-hybridized carbons (Fsp3) is 0.724. The van der Waals surface area contributed by atoms with Gasteiger partial charge in [-0.3, -0.25) is 4.79 Å². The lowest BCUT2D eigenvalue weighted by Gasteiger charge is -2.58. The Morgan fingerprint density at radius 1 is 1.13 bits per heavy atom. The van der Waals surface area contributed by atoms with Crippen LogP contribution in [-0.4, -0.2) is 95.4 Å². The van der Waals surface area contributed by atoms with Crippen molar-refractivity contribution in [1.29, 1.82) is 0 Å². The minimum Gasteiger partial charge on any atom is -0.465 e. The van der Waals surface area contributed by atoms with Gasteiger partial charge in [-0.2, -0.15) is 0 Å². The van der Waals surface area contributed by atoms with Crippen LogP contribution in [0.25, 0.3) is 0 Å². The van der Waals surface area contributed by atoms with E-state index in [0.717, 1.165) is 5.57 Å². The van der Waals surface area contributed by atoms with Crippen LogP contribution in [-0.2, 0) is 33.3 Å². The summed E-state index contributed by atoms with van der Waals surface area (Å²) in [5.74, 6) is -1.53. The molecule has 2 saturated heterocycles. The number of aliphatic hydroxyl groups is 3. The van der Waals surface area contributed by atoms with Gasteiger partial charge in [0.1, 0.15) is 24.4 Å². The normalized spacial score (nSPS) is 49.0. The first kappa shape index (κ1) is 28.4. The number of hydrogen-bond acceptors (Lipinski definition) is 10. The Bertz CT molecular complexity index is 1060. The van der Waals surface area contributed by atoms with Gasteiger partial charge in [0.25, 0.3) is 0 Å². The van der Waals surface area contributed by atoms with E-state index in [4.69, 9.17) is 23.7 Å². The van der Waals surface area contributed by atoms with Gasteiger partial charge in [-0.25, -0.2) is 4.79 Å². The second-order valence-electron chi connectivity index (χ2n) is 12.1. The molecule has 0 aromatic rings. The highest BCUT2D eigenvalue weighted by Gasteiger charge is 2.83. The number of epoxide rings is 1. The molecule has 0 unspecified atom stereocenters. The lowest BCUT2D eigenvalue weighted by Crippen LogP contribution is -2.68. The van der Waals surface area contributed by atoms with Gasteiger partial charge in [-0.1, -0.05) is 38.2 Å². The number of cyclic esters (lactones) is 1. The third-order valence-corrected chi connectivity index (χ3v) is 9.79. The third kappa shape index (κ3) is 4.69. The van der Waals surface area contributed by atoms with Crippen LogP contribution in [0.15, 0.2) is 36.0 Å². The second kappa shape index (κ2) is 10.4. The number of ether oxygens (including phenoxy) is 5. The molecule has 2 bridgehead atoms. The first-order chi connectivity index (χ1) is 18.4. The maximum Gasteiger partial charge on any atom is 0.331 e. The van der Waals surface area contributed by atoms with Gasteiger partial charge in [-0.15, -0.1) is 0 Å². The Morgan fingerprint density at radius 2 is 1.87 bits per heavy atom. The van der Waals surface area contributed by atoms with Gasteiger partial charge in [-0.05, 0) is 31.8 Å².